The summed E-state index contributed by atoms with van der Waals surface area (Å²) in [4.78, 5) is 12.0. The largest absolute Gasteiger partial charge is 0.331 e. The zero-order chi connectivity index (χ0) is 15.2. The van der Waals surface area contributed by atoms with Crippen molar-refractivity contribution in [3.8, 4) is 0 Å². The van der Waals surface area contributed by atoms with Crippen LogP contribution >= 0.6 is 11.6 Å². The highest BCUT2D eigenvalue weighted by molar-refractivity contribution is 6.30. The van der Waals surface area contributed by atoms with Crippen molar-refractivity contribution in [3.63, 3.8) is 0 Å². The number of hydrogen-bond donors (Lipinski definition) is 2. The normalized spacial score (nSPS) is 11.8. The first-order chi connectivity index (χ1) is 10.1. The highest BCUT2D eigenvalue weighted by Crippen LogP contribution is 2.16. The maximum atomic E-state index is 12.0. The summed E-state index contributed by atoms with van der Waals surface area (Å²) in [5, 5.41) is 6.27. The fourth-order valence-electron chi connectivity index (χ4n) is 2.06. The molecule has 2 aromatic rings. The number of benzene rings is 2. The Morgan fingerprint density at radius 1 is 1.19 bits per heavy atom. The number of aryl methyl sites for hydroxylation is 1. The Kier molecular flexibility index (Phi) is 5.23. The highest BCUT2D eigenvalue weighted by atomic mass is 35.5. The van der Waals surface area contributed by atoms with Crippen molar-refractivity contribution in [2.24, 2.45) is 0 Å². The Bertz CT molecular complexity index is 610. The molecule has 21 heavy (non-hydrogen) atoms. The van der Waals surface area contributed by atoms with Crippen LogP contribution in [0.2, 0.25) is 5.02 Å². The Morgan fingerprint density at radius 2 is 1.90 bits per heavy atom. The van der Waals surface area contributed by atoms with E-state index >= 15 is 0 Å². The van der Waals surface area contributed by atoms with Crippen molar-refractivity contribution in [3.05, 3.63) is 64.7 Å². The van der Waals surface area contributed by atoms with Crippen LogP contribution in [0, 0.1) is 0 Å². The molecule has 0 fully saturated rings. The lowest BCUT2D eigenvalue weighted by atomic mass is 10.1. The van der Waals surface area contributed by atoms with Crippen LogP contribution in [0.1, 0.15) is 31.0 Å². The first-order valence-corrected chi connectivity index (χ1v) is 7.38. The molecule has 0 aliphatic rings. The van der Waals surface area contributed by atoms with Gasteiger partial charge in [0, 0.05) is 10.7 Å². The van der Waals surface area contributed by atoms with Gasteiger partial charge in [-0.2, -0.15) is 0 Å². The standard InChI is InChI=1S/C17H19ClN2O/c1-3-13-7-9-14(10-8-13)12(2)19-17(21)20-16-6-4-5-15(18)11-16/h4-12H,3H2,1-2H3,(H2,19,20,21)/t12-/m1/s1. The van der Waals surface area contributed by atoms with Crippen molar-refractivity contribution in [1.29, 1.82) is 0 Å². The molecular formula is C17H19ClN2O. The van der Waals surface area contributed by atoms with E-state index in [2.05, 4.69) is 29.7 Å². The fraction of sp³-hybridized carbons (Fsp3) is 0.235. The molecule has 2 N–H and O–H groups in total. The molecule has 3 nitrogen and oxygen atoms in total. The number of rotatable bonds is 4. The lowest BCUT2D eigenvalue weighted by Gasteiger charge is -2.15. The summed E-state index contributed by atoms with van der Waals surface area (Å²) in [6.45, 7) is 4.08. The zero-order valence-corrected chi connectivity index (χ0v) is 12.9. The smallest absolute Gasteiger partial charge is 0.319 e. The molecule has 2 rings (SSSR count). The number of carbonyl (C=O) groups is 1. The molecule has 0 bridgehead atoms. The van der Waals surface area contributed by atoms with Gasteiger partial charge in [0.2, 0.25) is 0 Å². The van der Waals surface area contributed by atoms with Gasteiger partial charge in [-0.25, -0.2) is 4.79 Å². The highest BCUT2D eigenvalue weighted by Gasteiger charge is 2.09. The van der Waals surface area contributed by atoms with E-state index in [1.807, 2.05) is 19.1 Å². The Labute approximate surface area is 130 Å². The predicted octanol–water partition coefficient (Wildman–Crippen LogP) is 4.79. The Hall–Kier alpha value is -2.00. The minimum absolute atomic E-state index is 0.0601. The molecule has 0 aliphatic carbocycles. The molecular weight excluding hydrogens is 284 g/mol. The zero-order valence-electron chi connectivity index (χ0n) is 12.2. The monoisotopic (exact) mass is 302 g/mol. The third-order valence-corrected chi connectivity index (χ3v) is 3.55. The summed E-state index contributed by atoms with van der Waals surface area (Å²) in [6.07, 6.45) is 1.01. The average molecular weight is 303 g/mol. The first kappa shape index (κ1) is 15.4. The van der Waals surface area contributed by atoms with E-state index in [1.54, 1.807) is 24.3 Å². The number of nitrogens with one attached hydrogen (secondary N) is 2. The molecule has 0 saturated carbocycles. The number of carbonyl (C=O) groups excluding carboxylic acids is 1. The van der Waals surface area contributed by atoms with E-state index in [1.165, 1.54) is 5.56 Å². The lowest BCUT2D eigenvalue weighted by molar-refractivity contribution is 0.249. The third kappa shape index (κ3) is 4.50. The average Bonchev–Trinajstić information content (AvgIpc) is 2.47. The van der Waals surface area contributed by atoms with Crippen LogP contribution in [-0.4, -0.2) is 6.03 Å². The second-order valence-electron chi connectivity index (χ2n) is 4.93. The van der Waals surface area contributed by atoms with Gasteiger partial charge in [-0.1, -0.05) is 48.9 Å². The van der Waals surface area contributed by atoms with E-state index in [0.717, 1.165) is 12.0 Å². The summed E-state index contributed by atoms with van der Waals surface area (Å²) < 4.78 is 0. The second kappa shape index (κ2) is 7.14. The van der Waals surface area contributed by atoms with Crippen LogP contribution in [0.15, 0.2) is 48.5 Å². The molecule has 0 saturated heterocycles. The summed E-state index contributed by atoms with van der Waals surface area (Å²) in [5.74, 6) is 0. The fourth-order valence-corrected chi connectivity index (χ4v) is 2.25. The molecule has 2 aromatic carbocycles. The summed E-state index contributed by atoms with van der Waals surface area (Å²) in [7, 11) is 0. The first-order valence-electron chi connectivity index (χ1n) is 7.00. The predicted molar refractivity (Wildman–Crippen MR) is 87.8 cm³/mol. The van der Waals surface area contributed by atoms with Gasteiger partial charge in [-0.15, -0.1) is 0 Å². The van der Waals surface area contributed by atoms with E-state index < -0.39 is 0 Å². The number of amides is 2. The van der Waals surface area contributed by atoms with Crippen molar-refractivity contribution in [2.75, 3.05) is 5.32 Å². The summed E-state index contributed by atoms with van der Waals surface area (Å²) >= 11 is 5.89. The molecule has 110 valence electrons. The quantitative estimate of drug-likeness (QED) is 0.838. The lowest BCUT2D eigenvalue weighted by Crippen LogP contribution is -2.31. The topological polar surface area (TPSA) is 41.1 Å². The van der Waals surface area contributed by atoms with Crippen LogP contribution in [0.3, 0.4) is 0 Å². The van der Waals surface area contributed by atoms with Gasteiger partial charge in [-0.3, -0.25) is 0 Å². The number of hydrogen-bond acceptors (Lipinski definition) is 1. The third-order valence-electron chi connectivity index (χ3n) is 3.32. The van der Waals surface area contributed by atoms with Crippen molar-refractivity contribution in [1.82, 2.24) is 5.32 Å². The Morgan fingerprint density at radius 3 is 2.52 bits per heavy atom. The van der Waals surface area contributed by atoms with Crippen molar-refractivity contribution >= 4 is 23.3 Å². The van der Waals surface area contributed by atoms with Gasteiger partial charge in [0.25, 0.3) is 0 Å². The minimum Gasteiger partial charge on any atom is -0.331 e. The van der Waals surface area contributed by atoms with E-state index in [9.17, 15) is 4.79 Å². The SMILES string of the molecule is CCc1ccc([C@@H](C)NC(=O)Nc2cccc(Cl)c2)cc1. The maximum Gasteiger partial charge on any atom is 0.319 e. The van der Waals surface area contributed by atoms with Gasteiger partial charge < -0.3 is 10.6 Å². The number of urea groups is 1. The molecule has 0 unspecified atom stereocenters. The van der Waals surface area contributed by atoms with Gasteiger partial charge in [0.05, 0.1) is 6.04 Å². The van der Waals surface area contributed by atoms with Crippen LogP contribution in [0.25, 0.3) is 0 Å². The second-order valence-corrected chi connectivity index (χ2v) is 5.36. The van der Waals surface area contributed by atoms with Crippen LogP contribution in [0.4, 0.5) is 10.5 Å². The molecule has 2 amide bonds. The molecule has 0 radical (unpaired) electrons. The molecule has 0 aromatic heterocycles. The van der Waals surface area contributed by atoms with Gasteiger partial charge in [-0.05, 0) is 42.7 Å². The minimum atomic E-state index is -0.246. The molecule has 0 heterocycles. The van der Waals surface area contributed by atoms with E-state index in [4.69, 9.17) is 11.6 Å². The summed E-state index contributed by atoms with van der Waals surface area (Å²) in [5.41, 5.74) is 3.04. The maximum absolute atomic E-state index is 12.0. The molecule has 1 atom stereocenters. The number of halogens is 1. The van der Waals surface area contributed by atoms with Crippen molar-refractivity contribution in [2.45, 2.75) is 26.3 Å². The van der Waals surface area contributed by atoms with Crippen molar-refractivity contribution < 1.29 is 4.79 Å². The van der Waals surface area contributed by atoms with Crippen LogP contribution < -0.4 is 10.6 Å². The van der Waals surface area contributed by atoms with Gasteiger partial charge in [0.15, 0.2) is 0 Å². The molecule has 4 heteroatoms. The molecule has 0 spiro atoms. The van der Waals surface area contributed by atoms with Crippen LogP contribution in [-0.2, 0) is 6.42 Å². The Balaban J connectivity index is 1.95. The van der Waals surface area contributed by atoms with Crippen LogP contribution in [0.5, 0.6) is 0 Å². The van der Waals surface area contributed by atoms with Gasteiger partial charge >= 0.3 is 6.03 Å². The number of anilines is 1. The van der Waals surface area contributed by atoms with E-state index in [-0.39, 0.29) is 12.1 Å². The van der Waals surface area contributed by atoms with E-state index in [0.29, 0.717) is 10.7 Å². The van der Waals surface area contributed by atoms with Gasteiger partial charge in [0.1, 0.15) is 0 Å². The molecule has 0 aliphatic heterocycles. The summed E-state index contributed by atoms with van der Waals surface area (Å²) in [6, 6.07) is 15.0.